The lowest BCUT2D eigenvalue weighted by atomic mass is 9.93. The van der Waals surface area contributed by atoms with Crippen molar-refractivity contribution in [1.82, 2.24) is 20.1 Å². The van der Waals surface area contributed by atoms with Crippen molar-refractivity contribution in [2.45, 2.75) is 18.8 Å². The van der Waals surface area contributed by atoms with E-state index in [0.717, 1.165) is 48.1 Å². The summed E-state index contributed by atoms with van der Waals surface area (Å²) in [6.07, 6.45) is 4.91. The number of hydrogen-bond donors (Lipinski definition) is 2. The largest absolute Gasteiger partial charge is 0.445 e. The molecule has 4 rings (SSSR count). The van der Waals surface area contributed by atoms with Crippen molar-refractivity contribution < 1.29 is 18.3 Å². The molecule has 0 spiro atoms. The minimum absolute atomic E-state index is 0.0126. The summed E-state index contributed by atoms with van der Waals surface area (Å²) in [4.78, 5) is 18.6. The maximum absolute atomic E-state index is 13.3. The summed E-state index contributed by atoms with van der Waals surface area (Å²) < 4.78 is 31.9. The number of aromatic amines is 1. The lowest BCUT2D eigenvalue weighted by molar-refractivity contribution is -0.114. The van der Waals surface area contributed by atoms with Crippen LogP contribution in [0.5, 0.6) is 10.8 Å². The molecule has 156 valence electrons. The fourth-order valence-corrected chi connectivity index (χ4v) is 4.02. The van der Waals surface area contributed by atoms with E-state index in [-0.39, 0.29) is 11.7 Å². The molecule has 1 aromatic carbocycles. The number of carbonyl (C=O) groups excluding carboxylic acids is 1. The fraction of sp³-hybridized carbons (Fsp3) is 0.250. The maximum Gasteiger partial charge on any atom is 0.273 e. The van der Waals surface area contributed by atoms with Gasteiger partial charge in [-0.15, -0.1) is 0 Å². The van der Waals surface area contributed by atoms with E-state index in [2.05, 4.69) is 27.1 Å². The molecular formula is C20H19F2N5O2S. The number of piperidine rings is 1. The van der Waals surface area contributed by atoms with Crippen LogP contribution in [0.3, 0.4) is 0 Å². The lowest BCUT2D eigenvalue weighted by Crippen LogP contribution is -2.36. The number of H-pyrrole nitrogens is 1. The third-order valence-electron chi connectivity index (χ3n) is 4.86. The molecule has 0 unspecified atom stereocenters. The molecule has 1 aliphatic rings. The summed E-state index contributed by atoms with van der Waals surface area (Å²) in [5, 5.41) is 10.3. The number of thiazole rings is 1. The zero-order chi connectivity index (χ0) is 21.1. The molecule has 1 amide bonds. The third-order valence-corrected chi connectivity index (χ3v) is 5.65. The molecule has 1 fully saturated rings. The normalized spacial score (nSPS) is 14.5. The first-order chi connectivity index (χ1) is 14.5. The van der Waals surface area contributed by atoms with Crippen LogP contribution in [0.15, 0.2) is 48.9 Å². The molecule has 0 bridgehead atoms. The molecule has 2 aromatic heterocycles. The second-order valence-electron chi connectivity index (χ2n) is 6.87. The Balaban J connectivity index is 1.31. The number of nitrogens with zero attached hydrogens (tertiary/aromatic N) is 3. The molecule has 0 saturated carbocycles. The van der Waals surface area contributed by atoms with E-state index in [1.54, 1.807) is 6.20 Å². The average molecular weight is 431 g/mol. The van der Waals surface area contributed by atoms with Crippen molar-refractivity contribution in [3.05, 3.63) is 66.3 Å². The second kappa shape index (κ2) is 8.62. The zero-order valence-corrected chi connectivity index (χ0v) is 16.7. The van der Waals surface area contributed by atoms with E-state index in [4.69, 9.17) is 4.74 Å². The quantitative estimate of drug-likeness (QED) is 0.570. The molecule has 1 saturated heterocycles. The number of carbonyl (C=O) groups is 1. The third kappa shape index (κ3) is 4.65. The van der Waals surface area contributed by atoms with Gasteiger partial charge < -0.3 is 9.64 Å². The van der Waals surface area contributed by atoms with Gasteiger partial charge in [0, 0.05) is 49.1 Å². The molecule has 0 aliphatic carbocycles. The smallest absolute Gasteiger partial charge is 0.273 e. The van der Waals surface area contributed by atoms with E-state index in [9.17, 15) is 13.6 Å². The van der Waals surface area contributed by atoms with Crippen LogP contribution < -0.4 is 10.1 Å². The molecule has 1 aliphatic heterocycles. The summed E-state index contributed by atoms with van der Waals surface area (Å²) in [6.45, 7) is 5.34. The van der Waals surface area contributed by atoms with Gasteiger partial charge in [-0.25, -0.2) is 13.8 Å². The number of amides is 1. The standard InChI is InChI=1S/C20H19F2N5O2S/c1-12(27-6-3-13(4-7-27)17-2-5-24-26-17)19(28)25-20-23-11-18(30-20)29-16-9-14(21)8-15(22)10-16/h2,5,8-11,13H,1,3-4,6-7H2,(H,24,26)(H,23,25,28). The Morgan fingerprint density at radius 2 is 2.00 bits per heavy atom. The second-order valence-corrected chi connectivity index (χ2v) is 7.86. The summed E-state index contributed by atoms with van der Waals surface area (Å²) in [7, 11) is 0. The number of halogens is 2. The van der Waals surface area contributed by atoms with E-state index < -0.39 is 11.6 Å². The summed E-state index contributed by atoms with van der Waals surface area (Å²) >= 11 is 1.05. The van der Waals surface area contributed by atoms with Crippen LogP contribution in [0.4, 0.5) is 13.9 Å². The van der Waals surface area contributed by atoms with Crippen LogP contribution >= 0.6 is 11.3 Å². The van der Waals surface area contributed by atoms with Crippen molar-refractivity contribution in [2.24, 2.45) is 0 Å². The van der Waals surface area contributed by atoms with Gasteiger partial charge in [0.25, 0.3) is 5.91 Å². The summed E-state index contributed by atoms with van der Waals surface area (Å²) in [6, 6.07) is 4.86. The van der Waals surface area contributed by atoms with Crippen LogP contribution in [-0.4, -0.2) is 39.1 Å². The Hall–Kier alpha value is -3.27. The Kier molecular flexibility index (Phi) is 5.75. The highest BCUT2D eigenvalue weighted by Crippen LogP contribution is 2.32. The molecule has 0 atom stereocenters. The molecule has 10 heteroatoms. The van der Waals surface area contributed by atoms with Gasteiger partial charge in [-0.3, -0.25) is 15.2 Å². The van der Waals surface area contributed by atoms with Gasteiger partial charge in [0.05, 0.1) is 11.9 Å². The van der Waals surface area contributed by atoms with E-state index >= 15 is 0 Å². The Morgan fingerprint density at radius 3 is 2.67 bits per heavy atom. The number of aromatic nitrogens is 3. The predicted octanol–water partition coefficient (Wildman–Crippen LogP) is 4.27. The molecule has 2 N–H and O–H groups in total. The van der Waals surface area contributed by atoms with Crippen molar-refractivity contribution in [3.63, 3.8) is 0 Å². The number of ether oxygens (including phenoxy) is 1. The van der Waals surface area contributed by atoms with Crippen LogP contribution in [0.2, 0.25) is 0 Å². The number of hydrogen-bond acceptors (Lipinski definition) is 6. The van der Waals surface area contributed by atoms with Gasteiger partial charge in [0.15, 0.2) is 5.13 Å². The highest BCUT2D eigenvalue weighted by Gasteiger charge is 2.25. The van der Waals surface area contributed by atoms with Crippen molar-refractivity contribution in [2.75, 3.05) is 18.4 Å². The van der Waals surface area contributed by atoms with Crippen LogP contribution in [-0.2, 0) is 4.79 Å². The van der Waals surface area contributed by atoms with Crippen LogP contribution in [0.25, 0.3) is 0 Å². The molecule has 30 heavy (non-hydrogen) atoms. The minimum Gasteiger partial charge on any atom is -0.445 e. The van der Waals surface area contributed by atoms with E-state index in [0.29, 0.717) is 34.9 Å². The Labute approximate surface area is 175 Å². The van der Waals surface area contributed by atoms with Crippen LogP contribution in [0, 0.1) is 11.6 Å². The monoisotopic (exact) mass is 431 g/mol. The maximum atomic E-state index is 13.3. The molecule has 7 nitrogen and oxygen atoms in total. The predicted molar refractivity (Wildman–Crippen MR) is 108 cm³/mol. The highest BCUT2D eigenvalue weighted by molar-refractivity contribution is 7.17. The summed E-state index contributed by atoms with van der Waals surface area (Å²) in [5.74, 6) is -1.43. The zero-order valence-electron chi connectivity index (χ0n) is 15.9. The van der Waals surface area contributed by atoms with Gasteiger partial charge in [0.1, 0.15) is 17.4 Å². The molecular weight excluding hydrogens is 412 g/mol. The van der Waals surface area contributed by atoms with Crippen LogP contribution in [0.1, 0.15) is 24.5 Å². The molecule has 3 heterocycles. The average Bonchev–Trinajstić information content (AvgIpc) is 3.39. The topological polar surface area (TPSA) is 83.1 Å². The Morgan fingerprint density at radius 1 is 1.27 bits per heavy atom. The Bertz CT molecular complexity index is 1030. The van der Waals surface area contributed by atoms with Gasteiger partial charge in [0.2, 0.25) is 5.06 Å². The van der Waals surface area contributed by atoms with Gasteiger partial charge in [-0.05, 0) is 18.9 Å². The first-order valence-electron chi connectivity index (χ1n) is 9.32. The van der Waals surface area contributed by atoms with Gasteiger partial charge in [-0.1, -0.05) is 17.9 Å². The fourth-order valence-electron chi connectivity index (χ4n) is 3.34. The number of anilines is 1. The van der Waals surface area contributed by atoms with E-state index in [1.165, 1.54) is 6.20 Å². The summed E-state index contributed by atoms with van der Waals surface area (Å²) in [5.41, 5.74) is 1.47. The minimum atomic E-state index is -0.740. The van der Waals surface area contributed by atoms with E-state index in [1.807, 2.05) is 11.0 Å². The molecule has 0 radical (unpaired) electrons. The van der Waals surface area contributed by atoms with Gasteiger partial charge >= 0.3 is 0 Å². The number of likely N-dealkylation sites (tertiary alicyclic amines) is 1. The first-order valence-corrected chi connectivity index (χ1v) is 10.1. The number of rotatable bonds is 6. The van der Waals surface area contributed by atoms with Crippen molar-refractivity contribution >= 4 is 22.4 Å². The number of benzene rings is 1. The number of nitrogens with one attached hydrogen (secondary N) is 2. The van der Waals surface area contributed by atoms with Crippen molar-refractivity contribution in [3.8, 4) is 10.8 Å². The lowest BCUT2D eigenvalue weighted by Gasteiger charge is -2.33. The van der Waals surface area contributed by atoms with Crippen molar-refractivity contribution in [1.29, 1.82) is 0 Å². The molecule has 3 aromatic rings. The highest BCUT2D eigenvalue weighted by atomic mass is 32.1. The first kappa shape index (κ1) is 20.0. The van der Waals surface area contributed by atoms with Gasteiger partial charge in [-0.2, -0.15) is 5.10 Å². The SMILES string of the molecule is C=C(C(=O)Nc1ncc(Oc2cc(F)cc(F)c2)s1)N1CCC(c2ccn[nH]2)CC1.